The molecule has 2 aromatic rings. The minimum absolute atomic E-state index is 0.0193. The Labute approximate surface area is 204 Å². The van der Waals surface area contributed by atoms with Gasteiger partial charge in [-0.15, -0.1) is 0 Å². The molecule has 0 aromatic heterocycles. The van der Waals surface area contributed by atoms with E-state index in [1.807, 2.05) is 45.0 Å². The lowest BCUT2D eigenvalue weighted by Crippen LogP contribution is -2.54. The van der Waals surface area contributed by atoms with Gasteiger partial charge >= 0.3 is 5.97 Å². The van der Waals surface area contributed by atoms with E-state index in [9.17, 15) is 14.4 Å². The quantitative estimate of drug-likeness (QED) is 0.654. The summed E-state index contributed by atoms with van der Waals surface area (Å²) in [6.07, 6.45) is 0.761. The predicted molar refractivity (Wildman–Crippen MR) is 133 cm³/mol. The first kappa shape index (κ1) is 22.9. The van der Waals surface area contributed by atoms with Crippen molar-refractivity contribution in [1.29, 1.82) is 0 Å². The van der Waals surface area contributed by atoms with Crippen LogP contribution in [0.25, 0.3) is 0 Å². The molecule has 180 valence electrons. The van der Waals surface area contributed by atoms with Crippen molar-refractivity contribution in [3.8, 4) is 0 Å². The Morgan fingerprint density at radius 1 is 1.09 bits per heavy atom. The molecule has 0 radical (unpaired) electrons. The predicted octanol–water partition coefficient (Wildman–Crippen LogP) is 4.08. The zero-order valence-electron chi connectivity index (χ0n) is 20.4. The topological polar surface area (TPSA) is 102 Å². The summed E-state index contributed by atoms with van der Waals surface area (Å²) < 4.78 is 5.44. The molecule has 3 aliphatic rings. The van der Waals surface area contributed by atoms with Crippen molar-refractivity contribution in [2.45, 2.75) is 46.0 Å². The van der Waals surface area contributed by atoms with Crippen molar-refractivity contribution in [2.24, 2.45) is 11.1 Å². The van der Waals surface area contributed by atoms with Crippen molar-refractivity contribution < 1.29 is 19.1 Å². The highest BCUT2D eigenvalue weighted by molar-refractivity contribution is 6.23. The number of anilines is 2. The molecule has 1 unspecified atom stereocenters. The summed E-state index contributed by atoms with van der Waals surface area (Å²) in [5.41, 5.74) is 8.61. The van der Waals surface area contributed by atoms with E-state index in [1.54, 1.807) is 36.1 Å². The number of ketones is 1. The van der Waals surface area contributed by atoms with Gasteiger partial charge in [0.05, 0.1) is 6.61 Å². The highest BCUT2D eigenvalue weighted by atomic mass is 16.5. The second kappa shape index (κ2) is 7.83. The molecule has 0 bridgehead atoms. The molecule has 0 saturated heterocycles. The molecule has 1 amide bonds. The van der Waals surface area contributed by atoms with Crippen LogP contribution in [0.3, 0.4) is 0 Å². The number of rotatable bonds is 3. The lowest BCUT2D eigenvalue weighted by Gasteiger charge is -2.47. The van der Waals surface area contributed by atoms with Crippen LogP contribution in [0.15, 0.2) is 71.2 Å². The molecule has 1 atom stereocenters. The van der Waals surface area contributed by atoms with Crippen LogP contribution in [0.5, 0.6) is 0 Å². The lowest BCUT2D eigenvalue weighted by molar-refractivity contribution is -0.140. The molecule has 7 nitrogen and oxygen atoms in total. The number of hydrogen-bond acceptors (Lipinski definition) is 6. The van der Waals surface area contributed by atoms with Gasteiger partial charge in [0.15, 0.2) is 5.78 Å². The average molecular weight is 472 g/mol. The molecule has 35 heavy (non-hydrogen) atoms. The maximum atomic E-state index is 13.9. The van der Waals surface area contributed by atoms with E-state index in [4.69, 9.17) is 10.5 Å². The Kier molecular flexibility index (Phi) is 5.13. The molecule has 0 saturated carbocycles. The van der Waals surface area contributed by atoms with Gasteiger partial charge in [-0.3, -0.25) is 14.5 Å². The summed E-state index contributed by atoms with van der Waals surface area (Å²) in [6, 6.07) is 14.9. The highest BCUT2D eigenvalue weighted by Gasteiger charge is 2.62. The van der Waals surface area contributed by atoms with E-state index >= 15 is 0 Å². The molecule has 0 fully saturated rings. The number of hydrogen-bond donors (Lipinski definition) is 2. The van der Waals surface area contributed by atoms with E-state index in [0.29, 0.717) is 28.9 Å². The largest absolute Gasteiger partial charge is 0.462 e. The van der Waals surface area contributed by atoms with Gasteiger partial charge in [0, 0.05) is 34.6 Å². The monoisotopic (exact) mass is 471 g/mol. The van der Waals surface area contributed by atoms with Gasteiger partial charge in [0.1, 0.15) is 16.8 Å². The summed E-state index contributed by atoms with van der Waals surface area (Å²) in [5, 5.41) is 2.90. The third kappa shape index (κ3) is 3.21. The van der Waals surface area contributed by atoms with Gasteiger partial charge in [-0.05, 0) is 43.9 Å². The van der Waals surface area contributed by atoms with Gasteiger partial charge in [-0.25, -0.2) is 4.79 Å². The number of Topliss-reactive ketones (excluding diaryl/α,β-unsaturated/α-hetero) is 1. The van der Waals surface area contributed by atoms with Crippen molar-refractivity contribution in [3.63, 3.8) is 0 Å². The molecule has 3 N–H and O–H groups in total. The van der Waals surface area contributed by atoms with Crippen LogP contribution in [-0.2, 0) is 24.5 Å². The van der Waals surface area contributed by atoms with Crippen LogP contribution < -0.4 is 16.0 Å². The maximum Gasteiger partial charge on any atom is 0.339 e. The van der Waals surface area contributed by atoms with Crippen LogP contribution in [0, 0.1) is 12.3 Å². The maximum absolute atomic E-state index is 13.9. The van der Waals surface area contributed by atoms with E-state index in [1.165, 1.54) is 0 Å². The summed E-state index contributed by atoms with van der Waals surface area (Å²) in [4.78, 5) is 43.2. The Morgan fingerprint density at radius 2 is 1.77 bits per heavy atom. The Morgan fingerprint density at radius 3 is 2.46 bits per heavy atom. The SMILES string of the molecule is CCOC(=O)C1=C(N)N(c2ccc(C)cc2)C2=C(C(=O)CC(C)(C)C2)C12C(=O)Nc1ccccc12. The number of ether oxygens (including phenoxy) is 1. The van der Waals surface area contributed by atoms with Gasteiger partial charge in [0.2, 0.25) is 5.91 Å². The van der Waals surface area contributed by atoms with Crippen molar-refractivity contribution in [2.75, 3.05) is 16.8 Å². The van der Waals surface area contributed by atoms with Crippen molar-refractivity contribution in [1.82, 2.24) is 0 Å². The highest BCUT2D eigenvalue weighted by Crippen LogP contribution is 2.57. The zero-order valence-corrected chi connectivity index (χ0v) is 20.4. The third-order valence-electron chi connectivity index (χ3n) is 7.06. The van der Waals surface area contributed by atoms with Crippen LogP contribution >= 0.6 is 0 Å². The molecule has 2 aliphatic heterocycles. The summed E-state index contributed by atoms with van der Waals surface area (Å²) in [5.74, 6) is -1.25. The standard InChI is InChI=1S/C28H29N3O4/c1-5-35-25(33)23-24(29)31(17-12-10-16(2)11-13-17)20-14-27(3,4)15-21(32)22(20)28(23)18-8-6-7-9-19(18)30-26(28)34/h6-13H,5,14-15,29H2,1-4H3,(H,30,34). The second-order valence-corrected chi connectivity index (χ2v) is 10.2. The zero-order chi connectivity index (χ0) is 25.1. The number of fused-ring (bicyclic) bond motifs is 3. The lowest BCUT2D eigenvalue weighted by atomic mass is 9.60. The number of nitrogens with zero attached hydrogens (tertiary/aromatic N) is 1. The fraction of sp³-hybridized carbons (Fsp3) is 0.321. The number of para-hydroxylation sites is 1. The number of benzene rings is 2. The normalized spacial score (nSPS) is 22.8. The third-order valence-corrected chi connectivity index (χ3v) is 7.06. The number of amides is 1. The van der Waals surface area contributed by atoms with Gasteiger partial charge in [0.25, 0.3) is 0 Å². The van der Waals surface area contributed by atoms with Crippen molar-refractivity contribution >= 4 is 29.0 Å². The first-order valence-corrected chi connectivity index (χ1v) is 11.8. The van der Waals surface area contributed by atoms with E-state index in [2.05, 4.69) is 5.32 Å². The number of nitrogens with one attached hydrogen (secondary N) is 1. The van der Waals surface area contributed by atoms with Crippen molar-refractivity contribution in [3.05, 3.63) is 82.3 Å². The van der Waals surface area contributed by atoms with Gasteiger partial charge < -0.3 is 15.8 Å². The molecular formula is C28H29N3O4. The fourth-order valence-corrected chi connectivity index (χ4v) is 5.68. The number of esters is 1. The fourth-order valence-electron chi connectivity index (χ4n) is 5.68. The van der Waals surface area contributed by atoms with Crippen LogP contribution in [0.2, 0.25) is 0 Å². The molecule has 1 spiro atoms. The molecule has 7 heteroatoms. The number of nitrogens with two attached hydrogens (primary N) is 1. The average Bonchev–Trinajstić information content (AvgIpc) is 3.06. The van der Waals surface area contributed by atoms with E-state index in [-0.39, 0.29) is 35.6 Å². The Bertz CT molecular complexity index is 1340. The minimum Gasteiger partial charge on any atom is -0.462 e. The molecular weight excluding hydrogens is 442 g/mol. The second-order valence-electron chi connectivity index (χ2n) is 10.2. The summed E-state index contributed by atoms with van der Waals surface area (Å²) in [7, 11) is 0. The van der Waals surface area contributed by atoms with Gasteiger partial charge in [-0.2, -0.15) is 0 Å². The molecule has 1 aliphatic carbocycles. The Balaban J connectivity index is 1.91. The minimum atomic E-state index is -1.67. The van der Waals surface area contributed by atoms with Crippen LogP contribution in [0.1, 0.15) is 44.7 Å². The number of aryl methyl sites for hydroxylation is 1. The number of carbonyl (C=O) groups excluding carboxylic acids is 3. The van der Waals surface area contributed by atoms with Gasteiger partial charge in [-0.1, -0.05) is 49.7 Å². The number of carbonyl (C=O) groups is 3. The Hall–Kier alpha value is -3.87. The first-order chi connectivity index (χ1) is 16.6. The summed E-state index contributed by atoms with van der Waals surface area (Å²) >= 11 is 0. The summed E-state index contributed by atoms with van der Waals surface area (Å²) in [6.45, 7) is 7.84. The van der Waals surface area contributed by atoms with E-state index in [0.717, 1.165) is 11.3 Å². The van der Waals surface area contributed by atoms with E-state index < -0.39 is 17.3 Å². The van der Waals surface area contributed by atoms with Crippen LogP contribution in [-0.4, -0.2) is 24.3 Å². The molecule has 5 rings (SSSR count). The first-order valence-electron chi connectivity index (χ1n) is 11.8. The number of allylic oxidation sites excluding steroid dienone is 1. The molecule has 2 aromatic carbocycles. The molecule has 2 heterocycles. The smallest absolute Gasteiger partial charge is 0.339 e. The van der Waals surface area contributed by atoms with Crippen LogP contribution in [0.4, 0.5) is 11.4 Å².